The number of nitrogens with zero attached hydrogens (tertiary/aromatic N) is 2. The highest BCUT2D eigenvalue weighted by molar-refractivity contribution is 5.91. The van der Waals surface area contributed by atoms with Crippen molar-refractivity contribution in [1.82, 2.24) is 9.80 Å². The van der Waals surface area contributed by atoms with Crippen LogP contribution in [0.15, 0.2) is 23.8 Å². The molecular formula is C46H80N2O13. The van der Waals surface area contributed by atoms with Crippen LogP contribution in [-0.2, 0) is 42.7 Å². The molecule has 4 aliphatic heterocycles. The molecule has 0 amide bonds. The predicted octanol–water partition coefficient (Wildman–Crippen LogP) is 3.34. The Balaban J connectivity index is 1.68. The number of allylic oxidation sites excluding steroid dienone is 3. The number of ether oxygens (including phenoxy) is 7. The Morgan fingerprint density at radius 3 is 2.05 bits per heavy atom. The second-order valence-electron chi connectivity index (χ2n) is 18.9. The maximum absolute atomic E-state index is 14.0. The van der Waals surface area contributed by atoms with E-state index >= 15 is 0 Å². The number of aliphatic hydroxyl groups is 4. The van der Waals surface area contributed by atoms with Gasteiger partial charge in [0.05, 0.1) is 49.6 Å². The number of likely N-dealkylation sites (tertiary alicyclic amines) is 1. The quantitative estimate of drug-likeness (QED) is 0.209. The van der Waals surface area contributed by atoms with Crippen LogP contribution in [0.3, 0.4) is 0 Å². The SMILES string of the molecule is CC[C@H]1OC(=O)C[C@@H](O)[C@H](C)[C@@H](OC2O[C@H](C)[C@@H](O)[C@H](N(C)C)[C@H]2O)[C@@H](CCN2C[C@H](C)C[C@H](C)C2)C[C@@H](C)C(=O)C=CC(C)=C[C@@H]1CO[C@@H]1O[C@H](C)[C@@H](O)[C@@H](OC)[C@H]1OC. The third kappa shape index (κ3) is 13.8. The zero-order valence-electron chi connectivity index (χ0n) is 38.9. The first kappa shape index (κ1) is 51.8. The van der Waals surface area contributed by atoms with E-state index < -0.39 is 103 Å². The highest BCUT2D eigenvalue weighted by atomic mass is 16.7. The van der Waals surface area contributed by atoms with E-state index in [1.54, 1.807) is 45.0 Å². The van der Waals surface area contributed by atoms with E-state index in [0.717, 1.165) is 25.2 Å². The number of likely N-dealkylation sites (N-methyl/N-ethyl adjacent to an activating group) is 1. The summed E-state index contributed by atoms with van der Waals surface area (Å²) < 4.78 is 42.6. The fourth-order valence-corrected chi connectivity index (χ4v) is 10.0. The molecule has 0 aromatic carbocycles. The van der Waals surface area contributed by atoms with E-state index in [4.69, 9.17) is 33.2 Å². The van der Waals surface area contributed by atoms with Crippen LogP contribution in [0, 0.1) is 35.5 Å². The molecule has 15 heteroatoms. The lowest BCUT2D eigenvalue weighted by Crippen LogP contribution is -2.63. The number of hydrogen-bond donors (Lipinski definition) is 4. The molecule has 3 fully saturated rings. The van der Waals surface area contributed by atoms with Crippen molar-refractivity contribution in [1.29, 1.82) is 0 Å². The Morgan fingerprint density at radius 2 is 1.44 bits per heavy atom. The topological polar surface area (TPSA) is 186 Å². The van der Waals surface area contributed by atoms with Crippen molar-refractivity contribution in [3.63, 3.8) is 0 Å². The van der Waals surface area contributed by atoms with Gasteiger partial charge in [0.25, 0.3) is 0 Å². The summed E-state index contributed by atoms with van der Waals surface area (Å²) in [5.41, 5.74) is 0.761. The third-order valence-electron chi connectivity index (χ3n) is 13.5. The van der Waals surface area contributed by atoms with Crippen molar-refractivity contribution < 1.29 is 63.2 Å². The van der Waals surface area contributed by atoms with Crippen LogP contribution in [0.2, 0.25) is 0 Å². The molecule has 1 unspecified atom stereocenters. The van der Waals surface area contributed by atoms with Gasteiger partial charge in [-0.05, 0) is 90.9 Å². The largest absolute Gasteiger partial charge is 0.462 e. The Bertz CT molecular complexity index is 1420. The van der Waals surface area contributed by atoms with Gasteiger partial charge in [0.15, 0.2) is 18.4 Å². The summed E-state index contributed by atoms with van der Waals surface area (Å²) in [6.45, 7) is 18.2. The molecule has 4 rings (SSSR count). The number of cyclic esters (lactones) is 1. The fraction of sp³-hybridized carbons (Fsp3) is 0.870. The van der Waals surface area contributed by atoms with Gasteiger partial charge in [-0.25, -0.2) is 0 Å². The molecule has 352 valence electrons. The number of carbonyl (C=O) groups excluding carboxylic acids is 2. The van der Waals surface area contributed by atoms with E-state index in [1.807, 2.05) is 33.8 Å². The summed E-state index contributed by atoms with van der Waals surface area (Å²) in [4.78, 5) is 32.1. The van der Waals surface area contributed by atoms with Crippen LogP contribution in [-0.4, -0.2) is 176 Å². The first-order valence-corrected chi connectivity index (χ1v) is 22.6. The molecule has 0 aromatic rings. The van der Waals surface area contributed by atoms with Crippen molar-refractivity contribution in [2.45, 2.75) is 167 Å². The van der Waals surface area contributed by atoms with Crippen molar-refractivity contribution in [2.75, 3.05) is 54.6 Å². The maximum atomic E-state index is 14.0. The number of carbonyl (C=O) groups is 2. The summed E-state index contributed by atoms with van der Waals surface area (Å²) in [6, 6.07) is -0.684. The monoisotopic (exact) mass is 869 g/mol. The minimum absolute atomic E-state index is 0.0427. The van der Waals surface area contributed by atoms with E-state index in [1.165, 1.54) is 20.6 Å². The molecule has 4 aliphatic rings. The number of piperidine rings is 1. The van der Waals surface area contributed by atoms with Crippen LogP contribution < -0.4 is 0 Å². The Morgan fingerprint density at radius 1 is 0.820 bits per heavy atom. The number of ketones is 1. The fourth-order valence-electron chi connectivity index (χ4n) is 10.0. The first-order chi connectivity index (χ1) is 28.8. The molecule has 0 bridgehead atoms. The van der Waals surface area contributed by atoms with Gasteiger partial charge in [0, 0.05) is 45.1 Å². The van der Waals surface area contributed by atoms with Gasteiger partial charge >= 0.3 is 5.97 Å². The number of hydrogen-bond acceptors (Lipinski definition) is 15. The molecule has 4 heterocycles. The van der Waals surface area contributed by atoms with Crippen LogP contribution >= 0.6 is 0 Å². The second-order valence-corrected chi connectivity index (χ2v) is 18.9. The lowest BCUT2D eigenvalue weighted by atomic mass is 9.79. The van der Waals surface area contributed by atoms with Gasteiger partial charge in [-0.2, -0.15) is 0 Å². The number of aliphatic hydroxyl groups excluding tert-OH is 4. The van der Waals surface area contributed by atoms with Crippen LogP contribution in [0.5, 0.6) is 0 Å². The zero-order chi connectivity index (χ0) is 45.3. The van der Waals surface area contributed by atoms with Gasteiger partial charge in [-0.1, -0.05) is 52.3 Å². The van der Waals surface area contributed by atoms with Crippen molar-refractivity contribution in [3.8, 4) is 0 Å². The molecule has 3 saturated heterocycles. The van der Waals surface area contributed by atoms with Crippen molar-refractivity contribution in [3.05, 3.63) is 23.8 Å². The van der Waals surface area contributed by atoms with Gasteiger partial charge in [-0.3, -0.25) is 9.59 Å². The molecule has 0 spiro atoms. The molecule has 4 N–H and O–H groups in total. The summed E-state index contributed by atoms with van der Waals surface area (Å²) in [7, 11) is 6.54. The lowest BCUT2D eigenvalue weighted by molar-refractivity contribution is -0.304. The molecule has 19 atom stereocenters. The average molecular weight is 869 g/mol. The number of rotatable bonds is 12. The molecule has 0 aliphatic carbocycles. The standard InChI is InChI=1S/C46H80N2O13/c1-13-36-33(24-57-46-44(56-12)43(55-11)40(53)31(8)59-46)19-25(2)14-15-34(49)28(5)20-32(16-17-48-22-26(3)18-27(4)23-48)42(29(6)35(50)21-37(51)60-36)61-45-41(54)38(47(9)10)39(52)30(7)58-45/h14-15,19,26-33,35-36,38-46,50,52-54H,13,16-18,20-24H2,1-12H3/t26-,27+,28-,29+,30-,31-,32+,33-,35-,36-,38+,39-,40-,41-,42-,43-,44-,45?,46-/m1/s1. The molecule has 61 heavy (non-hydrogen) atoms. The van der Waals surface area contributed by atoms with Crippen molar-refractivity contribution in [2.24, 2.45) is 35.5 Å². The summed E-state index contributed by atoms with van der Waals surface area (Å²) in [5, 5.41) is 45.3. The molecular weight excluding hydrogens is 789 g/mol. The Kier molecular flexibility index (Phi) is 20.3. The summed E-state index contributed by atoms with van der Waals surface area (Å²) >= 11 is 0. The zero-order valence-corrected chi connectivity index (χ0v) is 38.9. The molecule has 0 radical (unpaired) electrons. The van der Waals surface area contributed by atoms with Gasteiger partial charge < -0.3 is 63.4 Å². The molecule has 0 saturated carbocycles. The van der Waals surface area contributed by atoms with Gasteiger partial charge in [0.2, 0.25) is 0 Å². The van der Waals surface area contributed by atoms with Crippen LogP contribution in [0.1, 0.15) is 87.5 Å². The van der Waals surface area contributed by atoms with E-state index in [-0.39, 0.29) is 24.7 Å². The average Bonchev–Trinajstić information content (AvgIpc) is 3.19. The minimum atomic E-state index is -1.23. The van der Waals surface area contributed by atoms with E-state index in [0.29, 0.717) is 31.1 Å². The highest BCUT2D eigenvalue weighted by Crippen LogP contribution is 2.36. The molecule has 0 aromatic heterocycles. The number of esters is 1. The Hall–Kier alpha value is -1.86. The normalized spacial score (nSPS) is 43.0. The number of methoxy groups -OCH3 is 2. The summed E-state index contributed by atoms with van der Waals surface area (Å²) in [6.07, 6.45) is -2.96. The highest BCUT2D eigenvalue weighted by Gasteiger charge is 2.48. The maximum Gasteiger partial charge on any atom is 0.308 e. The van der Waals surface area contributed by atoms with Crippen LogP contribution in [0.4, 0.5) is 0 Å². The second kappa shape index (κ2) is 23.9. The Labute approximate surface area is 365 Å². The van der Waals surface area contributed by atoms with Gasteiger partial charge in [0.1, 0.15) is 30.5 Å². The molecule has 15 nitrogen and oxygen atoms in total. The van der Waals surface area contributed by atoms with E-state index in [2.05, 4.69) is 18.7 Å². The third-order valence-corrected chi connectivity index (χ3v) is 13.5. The van der Waals surface area contributed by atoms with Crippen LogP contribution in [0.25, 0.3) is 0 Å². The first-order valence-electron chi connectivity index (χ1n) is 22.6. The smallest absolute Gasteiger partial charge is 0.308 e. The van der Waals surface area contributed by atoms with Gasteiger partial charge in [-0.15, -0.1) is 0 Å². The summed E-state index contributed by atoms with van der Waals surface area (Å²) in [5.74, 6) is -1.46. The lowest BCUT2D eigenvalue weighted by Gasteiger charge is -2.47. The van der Waals surface area contributed by atoms with Crippen molar-refractivity contribution >= 4 is 11.8 Å². The minimum Gasteiger partial charge on any atom is -0.462 e. The predicted molar refractivity (Wildman–Crippen MR) is 229 cm³/mol. The van der Waals surface area contributed by atoms with E-state index in [9.17, 15) is 30.0 Å².